The largest absolute Gasteiger partial charge is 0.497 e. The van der Waals surface area contributed by atoms with Crippen molar-refractivity contribution < 1.29 is 23.9 Å². The van der Waals surface area contributed by atoms with Gasteiger partial charge >= 0.3 is 0 Å². The number of nitrogen functional groups attached to an aromatic ring is 1. The predicted molar refractivity (Wildman–Crippen MR) is 145 cm³/mol. The van der Waals surface area contributed by atoms with Gasteiger partial charge in [0.25, 0.3) is 11.8 Å². The van der Waals surface area contributed by atoms with Crippen LogP contribution >= 0.6 is 11.5 Å². The van der Waals surface area contributed by atoms with Crippen LogP contribution in [0.25, 0.3) is 0 Å². The summed E-state index contributed by atoms with van der Waals surface area (Å²) in [6, 6.07) is 13.2. The molecule has 0 bridgehead atoms. The third-order valence-electron chi connectivity index (χ3n) is 6.46. The number of amides is 3. The lowest BCUT2D eigenvalue weighted by molar-refractivity contribution is -0.123. The van der Waals surface area contributed by atoms with Gasteiger partial charge in [-0.3, -0.25) is 19.3 Å². The average molecular weight is 538 g/mol. The molecule has 1 saturated heterocycles. The molecule has 38 heavy (non-hydrogen) atoms. The van der Waals surface area contributed by atoms with Crippen LogP contribution in [0.2, 0.25) is 0 Å². The van der Waals surface area contributed by atoms with Gasteiger partial charge in [0.2, 0.25) is 5.91 Å². The van der Waals surface area contributed by atoms with Crippen LogP contribution in [0.15, 0.2) is 48.5 Å². The van der Waals surface area contributed by atoms with E-state index in [1.54, 1.807) is 43.5 Å². The van der Waals surface area contributed by atoms with Crippen molar-refractivity contribution >= 4 is 40.6 Å². The van der Waals surface area contributed by atoms with E-state index in [2.05, 4.69) is 9.69 Å². The summed E-state index contributed by atoms with van der Waals surface area (Å²) in [6.07, 6.45) is 2.51. The van der Waals surface area contributed by atoms with Crippen LogP contribution in [-0.4, -0.2) is 48.5 Å². The van der Waals surface area contributed by atoms with E-state index in [0.717, 1.165) is 36.4 Å². The van der Waals surface area contributed by atoms with Gasteiger partial charge in [0.05, 0.1) is 18.9 Å². The van der Waals surface area contributed by atoms with Crippen LogP contribution in [0.3, 0.4) is 0 Å². The van der Waals surface area contributed by atoms with Gasteiger partial charge < -0.3 is 26.3 Å². The third kappa shape index (κ3) is 5.79. The molecule has 200 valence electrons. The highest BCUT2D eigenvalue weighted by Crippen LogP contribution is 2.34. The molecule has 3 amide bonds. The van der Waals surface area contributed by atoms with Crippen LogP contribution in [0.1, 0.15) is 57.1 Å². The van der Waals surface area contributed by atoms with E-state index in [-0.39, 0.29) is 22.4 Å². The maximum atomic E-state index is 14.1. The lowest BCUT2D eigenvalue weighted by Crippen LogP contribution is -2.45. The van der Waals surface area contributed by atoms with E-state index in [1.807, 2.05) is 19.1 Å². The minimum Gasteiger partial charge on any atom is -0.497 e. The van der Waals surface area contributed by atoms with Gasteiger partial charge in [-0.2, -0.15) is 4.37 Å². The van der Waals surface area contributed by atoms with Crippen LogP contribution in [0.4, 0.5) is 11.4 Å². The predicted octanol–water partition coefficient (Wildman–Crippen LogP) is 3.08. The number of anilines is 2. The summed E-state index contributed by atoms with van der Waals surface area (Å²) in [4.78, 5) is 41.1. The van der Waals surface area contributed by atoms with Gasteiger partial charge in [0.15, 0.2) is 5.69 Å². The number of methoxy groups -OCH3 is 1. The van der Waals surface area contributed by atoms with Crippen LogP contribution in [0, 0.1) is 0 Å². The summed E-state index contributed by atoms with van der Waals surface area (Å²) in [5.74, 6) is -1.20. The molecule has 0 saturated carbocycles. The Kier molecular flexibility index (Phi) is 8.59. The number of carbonyl (C=O) groups excluding carboxylic acids is 3. The Hall–Kier alpha value is -3.96. The van der Waals surface area contributed by atoms with Crippen molar-refractivity contribution in [1.29, 1.82) is 0 Å². The first-order valence-corrected chi connectivity index (χ1v) is 13.1. The molecule has 1 aliphatic heterocycles. The summed E-state index contributed by atoms with van der Waals surface area (Å²) in [5.41, 5.74) is 13.3. The second-order valence-corrected chi connectivity index (χ2v) is 9.66. The number of hydrogen-bond donors (Lipinski definition) is 3. The van der Waals surface area contributed by atoms with Gasteiger partial charge in [-0.05, 0) is 66.2 Å². The lowest BCUT2D eigenvalue weighted by atomic mass is 10.0. The zero-order valence-electron chi connectivity index (χ0n) is 21.3. The Morgan fingerprint density at radius 3 is 2.45 bits per heavy atom. The molecule has 2 atom stereocenters. The molecule has 0 spiro atoms. The number of carbonyl (C=O) groups is 3. The lowest BCUT2D eigenvalue weighted by Gasteiger charge is -2.31. The Bertz CT molecular complexity index is 1290. The molecule has 1 aromatic heterocycles. The number of nitrogens with two attached hydrogens (primary N) is 2. The summed E-state index contributed by atoms with van der Waals surface area (Å²) in [7, 11) is 1.55. The molecule has 0 unspecified atom stereocenters. The zero-order valence-corrected chi connectivity index (χ0v) is 22.1. The quantitative estimate of drug-likeness (QED) is 0.360. The molecular formula is C27H31N5O5S. The fourth-order valence-corrected chi connectivity index (χ4v) is 5.08. The summed E-state index contributed by atoms with van der Waals surface area (Å²) in [6.45, 7) is 3.00. The molecule has 0 radical (unpaired) electrons. The van der Waals surface area contributed by atoms with E-state index >= 15 is 0 Å². The van der Waals surface area contributed by atoms with E-state index in [0.29, 0.717) is 30.2 Å². The number of primary amides is 1. The third-order valence-corrected chi connectivity index (χ3v) is 7.31. The molecule has 2 aromatic carbocycles. The molecule has 2 heterocycles. The van der Waals surface area contributed by atoms with Gasteiger partial charge in [0.1, 0.15) is 16.7 Å². The second-order valence-electron chi connectivity index (χ2n) is 8.89. The minimum atomic E-state index is -1.07. The van der Waals surface area contributed by atoms with E-state index in [9.17, 15) is 14.4 Å². The highest BCUT2D eigenvalue weighted by atomic mass is 32.1. The number of rotatable bonds is 10. The van der Waals surface area contributed by atoms with Crippen molar-refractivity contribution in [3.8, 4) is 5.75 Å². The molecule has 4 rings (SSSR count). The molecule has 11 heteroatoms. The molecular weight excluding hydrogens is 506 g/mol. The van der Waals surface area contributed by atoms with Crippen molar-refractivity contribution in [2.24, 2.45) is 5.73 Å². The smallest absolute Gasteiger partial charge is 0.273 e. The summed E-state index contributed by atoms with van der Waals surface area (Å²) >= 11 is 0.769. The fraction of sp³-hybridized carbons (Fsp3) is 0.333. The number of hydrogen-bond acceptors (Lipinski definition) is 8. The topological polar surface area (TPSA) is 150 Å². The van der Waals surface area contributed by atoms with Crippen molar-refractivity contribution in [3.63, 3.8) is 0 Å². The monoisotopic (exact) mass is 537 g/mol. The maximum absolute atomic E-state index is 14.1. The SMILES string of the molecule is CCc1ccc(N(C(=O)c2snc(C(N)=O)c2N)[C@@H](C(=O)NC[C@H]2CCCO2)c2ccc(OC)cc2)cc1. The van der Waals surface area contributed by atoms with Crippen molar-refractivity contribution in [2.45, 2.75) is 38.3 Å². The first-order chi connectivity index (χ1) is 18.3. The molecule has 1 fully saturated rings. The Labute approximate surface area is 225 Å². The van der Waals surface area contributed by atoms with Gasteiger partial charge in [-0.25, -0.2) is 0 Å². The van der Waals surface area contributed by atoms with E-state index < -0.39 is 23.8 Å². The standard InChI is InChI=1S/C27H31N5O5S/c1-3-16-6-10-18(11-7-16)32(27(35)24-21(28)22(25(29)33)31-38-24)23(17-8-12-19(36-2)13-9-17)26(34)30-15-20-5-4-14-37-20/h6-13,20,23H,3-5,14-15,28H2,1-2H3,(H2,29,33)(H,30,34)/t20-,23-/m1/s1. The average Bonchev–Trinajstić information content (AvgIpc) is 3.60. The molecule has 3 aromatic rings. The zero-order chi connectivity index (χ0) is 27.2. The van der Waals surface area contributed by atoms with Gasteiger partial charge in [0, 0.05) is 18.8 Å². The molecule has 10 nitrogen and oxygen atoms in total. The maximum Gasteiger partial charge on any atom is 0.273 e. The number of ether oxygens (including phenoxy) is 2. The summed E-state index contributed by atoms with van der Waals surface area (Å²) in [5, 5.41) is 2.96. The highest BCUT2D eigenvalue weighted by Gasteiger charge is 2.36. The first kappa shape index (κ1) is 27.1. The van der Waals surface area contributed by atoms with Crippen molar-refractivity contribution in [1.82, 2.24) is 9.69 Å². The van der Waals surface area contributed by atoms with Crippen LogP contribution in [0.5, 0.6) is 5.75 Å². The normalized spacial score (nSPS) is 15.6. The van der Waals surface area contributed by atoms with Gasteiger partial charge in [-0.1, -0.05) is 31.2 Å². The summed E-state index contributed by atoms with van der Waals surface area (Å²) < 4.78 is 14.9. The van der Waals surface area contributed by atoms with Gasteiger partial charge in [-0.15, -0.1) is 0 Å². The highest BCUT2D eigenvalue weighted by molar-refractivity contribution is 7.09. The molecule has 0 aliphatic carbocycles. The van der Waals surface area contributed by atoms with Crippen LogP contribution in [-0.2, 0) is 16.0 Å². The Morgan fingerprint density at radius 1 is 1.18 bits per heavy atom. The van der Waals surface area contributed by atoms with E-state index in [1.165, 1.54) is 4.90 Å². The second kappa shape index (κ2) is 12.1. The van der Waals surface area contributed by atoms with Crippen molar-refractivity contribution in [2.75, 3.05) is 30.9 Å². The number of nitrogens with zero attached hydrogens (tertiary/aromatic N) is 2. The number of aryl methyl sites for hydroxylation is 1. The Balaban J connectivity index is 1.80. The number of aromatic nitrogens is 1. The Morgan fingerprint density at radius 2 is 1.89 bits per heavy atom. The van der Waals surface area contributed by atoms with Crippen LogP contribution < -0.4 is 26.4 Å². The number of benzene rings is 2. The van der Waals surface area contributed by atoms with E-state index in [4.69, 9.17) is 20.9 Å². The van der Waals surface area contributed by atoms with Crippen molar-refractivity contribution in [3.05, 3.63) is 70.2 Å². The first-order valence-electron chi connectivity index (χ1n) is 12.3. The molecule has 5 N–H and O–H groups in total. The molecule has 1 aliphatic rings. The fourth-order valence-electron chi connectivity index (χ4n) is 4.33. The number of nitrogens with one attached hydrogen (secondary N) is 1. The minimum absolute atomic E-state index is 0.0174.